The first-order chi connectivity index (χ1) is 10.5. The zero-order valence-electron chi connectivity index (χ0n) is 13.5. The van der Waals surface area contributed by atoms with E-state index >= 15 is 0 Å². The molecule has 1 aromatic rings. The predicted octanol–water partition coefficient (Wildman–Crippen LogP) is 3.51. The Kier molecular flexibility index (Phi) is 5.51. The highest BCUT2D eigenvalue weighted by Gasteiger charge is 2.33. The monoisotopic (exact) mass is 308 g/mol. The molecule has 0 radical (unpaired) electrons. The van der Waals surface area contributed by atoms with E-state index in [-0.39, 0.29) is 17.4 Å². The first kappa shape index (κ1) is 16.5. The molecule has 0 unspecified atom stereocenters. The molecule has 1 aliphatic rings. The van der Waals surface area contributed by atoms with E-state index in [0.717, 1.165) is 25.7 Å². The molecule has 0 aliphatic heterocycles. The molecule has 1 heterocycles. The molecular weight excluding hydrogens is 284 g/mol. The average Bonchev–Trinajstić information content (AvgIpc) is 3.29. The highest BCUT2D eigenvalue weighted by atomic mass is 16.6. The quantitative estimate of drug-likeness (QED) is 0.426. The fourth-order valence-corrected chi connectivity index (χ4v) is 1.98. The lowest BCUT2D eigenvalue weighted by atomic mass is 10.2. The van der Waals surface area contributed by atoms with Gasteiger partial charge in [0.05, 0.1) is 11.5 Å². The molecule has 0 aromatic carbocycles. The largest absolute Gasteiger partial charge is 0.473 e. The van der Waals surface area contributed by atoms with E-state index in [9.17, 15) is 10.1 Å². The third-order valence-electron chi connectivity index (χ3n) is 3.41. The number of hydrogen-bond donors (Lipinski definition) is 1. The zero-order valence-corrected chi connectivity index (χ0v) is 13.5. The molecule has 0 amide bonds. The van der Waals surface area contributed by atoms with Crippen LogP contribution in [0.2, 0.25) is 0 Å². The van der Waals surface area contributed by atoms with Crippen molar-refractivity contribution >= 4 is 11.5 Å². The molecular formula is C15H24N4O3. The maximum absolute atomic E-state index is 11.4. The zero-order chi connectivity index (χ0) is 16.1. The van der Waals surface area contributed by atoms with Crippen LogP contribution in [0.15, 0.2) is 0 Å². The van der Waals surface area contributed by atoms with Gasteiger partial charge >= 0.3 is 5.69 Å². The van der Waals surface area contributed by atoms with Gasteiger partial charge in [-0.3, -0.25) is 10.1 Å². The number of aromatic nitrogens is 2. The van der Waals surface area contributed by atoms with E-state index in [1.165, 1.54) is 0 Å². The van der Waals surface area contributed by atoms with Crippen LogP contribution < -0.4 is 10.1 Å². The molecule has 1 aromatic heterocycles. The SMILES string of the molecule is CCCCOc1nc(C2CC2)nc(NCC(C)C)c1[N+](=O)[O-]. The minimum atomic E-state index is -0.458. The summed E-state index contributed by atoms with van der Waals surface area (Å²) < 4.78 is 5.57. The summed E-state index contributed by atoms with van der Waals surface area (Å²) in [5.41, 5.74) is -0.152. The maximum Gasteiger partial charge on any atom is 0.372 e. The van der Waals surface area contributed by atoms with Crippen molar-refractivity contribution in [3.8, 4) is 5.88 Å². The summed E-state index contributed by atoms with van der Waals surface area (Å²) in [6.45, 7) is 7.18. The van der Waals surface area contributed by atoms with Crippen LogP contribution in [0.4, 0.5) is 11.5 Å². The number of nitro groups is 1. The molecule has 0 atom stereocenters. The third kappa shape index (κ3) is 4.29. The van der Waals surface area contributed by atoms with E-state index in [1.807, 2.05) is 20.8 Å². The molecule has 1 aliphatic carbocycles. The van der Waals surface area contributed by atoms with E-state index in [1.54, 1.807) is 0 Å². The number of rotatable bonds is 9. The van der Waals surface area contributed by atoms with Gasteiger partial charge in [0.15, 0.2) is 0 Å². The van der Waals surface area contributed by atoms with Crippen molar-refractivity contribution in [2.45, 2.75) is 52.4 Å². The van der Waals surface area contributed by atoms with Crippen LogP contribution >= 0.6 is 0 Å². The second-order valence-electron chi connectivity index (χ2n) is 6.09. The second kappa shape index (κ2) is 7.38. The fourth-order valence-electron chi connectivity index (χ4n) is 1.98. The van der Waals surface area contributed by atoms with E-state index in [2.05, 4.69) is 15.3 Å². The number of hydrogen-bond acceptors (Lipinski definition) is 6. The minimum absolute atomic E-state index is 0.0987. The molecule has 1 N–H and O–H groups in total. The van der Waals surface area contributed by atoms with Crippen molar-refractivity contribution in [1.29, 1.82) is 0 Å². The van der Waals surface area contributed by atoms with Crippen molar-refractivity contribution in [3.05, 3.63) is 15.9 Å². The molecule has 1 fully saturated rings. The first-order valence-corrected chi connectivity index (χ1v) is 7.95. The number of nitrogens with zero attached hydrogens (tertiary/aromatic N) is 3. The van der Waals surface area contributed by atoms with E-state index in [4.69, 9.17) is 4.74 Å². The lowest BCUT2D eigenvalue weighted by molar-refractivity contribution is -0.385. The lowest BCUT2D eigenvalue weighted by Gasteiger charge is -2.12. The summed E-state index contributed by atoms with van der Waals surface area (Å²) in [5.74, 6) is 1.71. The van der Waals surface area contributed by atoms with Gasteiger partial charge in [-0.2, -0.15) is 4.98 Å². The maximum atomic E-state index is 11.4. The summed E-state index contributed by atoms with van der Waals surface area (Å²) in [5, 5.41) is 14.5. The highest BCUT2D eigenvalue weighted by Crippen LogP contribution is 2.42. The highest BCUT2D eigenvalue weighted by molar-refractivity contribution is 5.62. The van der Waals surface area contributed by atoms with Gasteiger partial charge in [0, 0.05) is 12.5 Å². The van der Waals surface area contributed by atoms with Gasteiger partial charge in [-0.05, 0) is 25.2 Å². The summed E-state index contributed by atoms with van der Waals surface area (Å²) in [6, 6.07) is 0. The standard InChI is InChI=1S/C15H24N4O3/c1-4-5-8-22-15-12(19(20)21)14(16-9-10(2)3)17-13(18-15)11-6-7-11/h10-11H,4-9H2,1-3H3,(H,16,17,18). The van der Waals surface area contributed by atoms with E-state index in [0.29, 0.717) is 30.8 Å². The topological polar surface area (TPSA) is 90.2 Å². The van der Waals surface area contributed by atoms with Crippen LogP contribution in [-0.4, -0.2) is 28.0 Å². The second-order valence-corrected chi connectivity index (χ2v) is 6.09. The van der Waals surface area contributed by atoms with Crippen LogP contribution in [0.1, 0.15) is 58.2 Å². The first-order valence-electron chi connectivity index (χ1n) is 7.95. The molecule has 7 nitrogen and oxygen atoms in total. The Morgan fingerprint density at radius 2 is 2.14 bits per heavy atom. The average molecular weight is 308 g/mol. The molecule has 22 heavy (non-hydrogen) atoms. The normalized spacial score (nSPS) is 14.2. The van der Waals surface area contributed by atoms with Gasteiger partial charge in [0.1, 0.15) is 5.82 Å². The summed E-state index contributed by atoms with van der Waals surface area (Å²) >= 11 is 0. The van der Waals surface area contributed by atoms with Crippen LogP contribution in [0.5, 0.6) is 5.88 Å². The lowest BCUT2D eigenvalue weighted by Crippen LogP contribution is -2.14. The summed E-state index contributed by atoms with van der Waals surface area (Å²) in [6.07, 6.45) is 3.88. The molecule has 1 saturated carbocycles. The molecule has 2 rings (SSSR count). The van der Waals surface area contributed by atoms with Gasteiger partial charge in [-0.15, -0.1) is 0 Å². The fraction of sp³-hybridized carbons (Fsp3) is 0.733. The van der Waals surface area contributed by atoms with Gasteiger partial charge < -0.3 is 10.1 Å². The Balaban J connectivity index is 2.32. The van der Waals surface area contributed by atoms with Crippen molar-refractivity contribution in [3.63, 3.8) is 0 Å². The summed E-state index contributed by atoms with van der Waals surface area (Å²) in [7, 11) is 0. The summed E-state index contributed by atoms with van der Waals surface area (Å²) in [4.78, 5) is 19.6. The smallest absolute Gasteiger partial charge is 0.372 e. The van der Waals surface area contributed by atoms with Crippen LogP contribution in [0.25, 0.3) is 0 Å². The van der Waals surface area contributed by atoms with Crippen LogP contribution in [-0.2, 0) is 0 Å². The van der Waals surface area contributed by atoms with Gasteiger partial charge in [-0.1, -0.05) is 27.2 Å². The van der Waals surface area contributed by atoms with Crippen LogP contribution in [0.3, 0.4) is 0 Å². The molecule has 7 heteroatoms. The van der Waals surface area contributed by atoms with Crippen molar-refractivity contribution in [2.24, 2.45) is 5.92 Å². The Bertz CT molecular complexity index is 530. The van der Waals surface area contributed by atoms with E-state index < -0.39 is 4.92 Å². The Hall–Kier alpha value is -1.92. The number of nitrogens with one attached hydrogen (secondary N) is 1. The Morgan fingerprint density at radius 1 is 1.41 bits per heavy atom. The Morgan fingerprint density at radius 3 is 2.68 bits per heavy atom. The number of ether oxygens (including phenoxy) is 1. The molecule has 122 valence electrons. The molecule has 0 bridgehead atoms. The Labute approximate surface area is 130 Å². The van der Waals surface area contributed by atoms with Crippen molar-refractivity contribution < 1.29 is 9.66 Å². The molecule has 0 spiro atoms. The van der Waals surface area contributed by atoms with Crippen LogP contribution in [0, 0.1) is 16.0 Å². The van der Waals surface area contributed by atoms with Crippen molar-refractivity contribution in [1.82, 2.24) is 9.97 Å². The van der Waals surface area contributed by atoms with Gasteiger partial charge in [-0.25, -0.2) is 4.98 Å². The number of unbranched alkanes of at least 4 members (excludes halogenated alkanes) is 1. The van der Waals surface area contributed by atoms with Gasteiger partial charge in [0.2, 0.25) is 5.82 Å². The third-order valence-corrected chi connectivity index (χ3v) is 3.41. The van der Waals surface area contributed by atoms with Gasteiger partial charge in [0.25, 0.3) is 5.88 Å². The minimum Gasteiger partial charge on any atom is -0.473 e. The predicted molar refractivity (Wildman–Crippen MR) is 84.4 cm³/mol. The van der Waals surface area contributed by atoms with Crippen molar-refractivity contribution in [2.75, 3.05) is 18.5 Å². The number of anilines is 1. The molecule has 0 saturated heterocycles.